The number of rotatable bonds is 5. The van der Waals surface area contributed by atoms with Gasteiger partial charge in [-0.3, -0.25) is 0 Å². The quantitative estimate of drug-likeness (QED) is 0.883. The molecule has 0 radical (unpaired) electrons. The van der Waals surface area contributed by atoms with Crippen LogP contribution in [-0.4, -0.2) is 23.8 Å². The number of benzene rings is 1. The van der Waals surface area contributed by atoms with Crippen LogP contribution in [0.4, 0.5) is 4.79 Å². The van der Waals surface area contributed by atoms with Crippen molar-refractivity contribution in [2.24, 2.45) is 0 Å². The van der Waals surface area contributed by atoms with Crippen molar-refractivity contribution in [1.82, 2.24) is 15.8 Å². The first-order valence-electron chi connectivity index (χ1n) is 8.30. The Kier molecular flexibility index (Phi) is 5.15. The molecule has 6 heteroatoms. The van der Waals surface area contributed by atoms with Crippen LogP contribution in [0.25, 0.3) is 0 Å². The molecule has 2 heterocycles. The Morgan fingerprint density at radius 3 is 2.83 bits per heavy atom. The topological polar surface area (TPSA) is 76.4 Å². The summed E-state index contributed by atoms with van der Waals surface area (Å²) in [4.78, 5) is 12.2. The highest BCUT2D eigenvalue weighted by molar-refractivity contribution is 5.74. The minimum atomic E-state index is -0.228. The van der Waals surface area contributed by atoms with Crippen LogP contribution in [-0.2, 0) is 11.3 Å². The molecule has 24 heavy (non-hydrogen) atoms. The van der Waals surface area contributed by atoms with Crippen molar-refractivity contribution in [3.8, 4) is 0 Å². The molecule has 1 saturated heterocycles. The van der Waals surface area contributed by atoms with Crippen molar-refractivity contribution in [1.29, 1.82) is 0 Å². The van der Waals surface area contributed by atoms with Crippen molar-refractivity contribution in [3.63, 3.8) is 0 Å². The van der Waals surface area contributed by atoms with E-state index in [1.165, 1.54) is 0 Å². The third-order valence-electron chi connectivity index (χ3n) is 4.13. The van der Waals surface area contributed by atoms with Gasteiger partial charge in [-0.05, 0) is 17.9 Å². The van der Waals surface area contributed by atoms with Gasteiger partial charge in [-0.15, -0.1) is 0 Å². The fourth-order valence-corrected chi connectivity index (χ4v) is 2.78. The molecule has 0 unspecified atom stereocenters. The standard InChI is InChI=1S/C18H23N3O3/c1-12(2)16-10-14(24-21-16)11-19-18(22)20-15-8-9-23-17(15)13-6-4-3-5-7-13/h3-7,10,12,15,17H,8-9,11H2,1-2H3,(H2,19,20,22)/t15-,17-/m1/s1. The largest absolute Gasteiger partial charge is 0.371 e. The van der Waals surface area contributed by atoms with E-state index in [1.54, 1.807) is 0 Å². The summed E-state index contributed by atoms with van der Waals surface area (Å²) in [5, 5.41) is 9.78. The van der Waals surface area contributed by atoms with Gasteiger partial charge in [0.25, 0.3) is 0 Å². The molecule has 1 fully saturated rings. The summed E-state index contributed by atoms with van der Waals surface area (Å²) >= 11 is 0. The van der Waals surface area contributed by atoms with E-state index in [1.807, 2.05) is 50.2 Å². The van der Waals surface area contributed by atoms with Gasteiger partial charge in [-0.25, -0.2) is 4.79 Å². The van der Waals surface area contributed by atoms with Gasteiger partial charge in [0.2, 0.25) is 0 Å². The van der Waals surface area contributed by atoms with Gasteiger partial charge in [0.05, 0.1) is 18.3 Å². The molecular formula is C18H23N3O3. The highest BCUT2D eigenvalue weighted by Crippen LogP contribution is 2.28. The predicted octanol–water partition coefficient (Wildman–Crippen LogP) is 3.13. The Bertz CT molecular complexity index is 669. The smallest absolute Gasteiger partial charge is 0.315 e. The number of nitrogens with zero attached hydrogens (tertiary/aromatic N) is 1. The molecule has 1 aromatic heterocycles. The van der Waals surface area contributed by atoms with Crippen molar-refractivity contribution >= 4 is 6.03 Å². The van der Waals surface area contributed by atoms with Crippen LogP contribution in [0.1, 0.15) is 49.3 Å². The number of hydrogen-bond donors (Lipinski definition) is 2. The highest BCUT2D eigenvalue weighted by atomic mass is 16.5. The van der Waals surface area contributed by atoms with E-state index in [0.29, 0.717) is 24.8 Å². The summed E-state index contributed by atoms with van der Waals surface area (Å²) in [5.41, 5.74) is 1.97. The fraction of sp³-hybridized carbons (Fsp3) is 0.444. The van der Waals surface area contributed by atoms with Gasteiger partial charge in [-0.1, -0.05) is 49.3 Å². The van der Waals surface area contributed by atoms with Crippen molar-refractivity contribution < 1.29 is 14.1 Å². The Labute approximate surface area is 141 Å². The summed E-state index contributed by atoms with van der Waals surface area (Å²) in [7, 11) is 0. The van der Waals surface area contributed by atoms with E-state index in [2.05, 4.69) is 15.8 Å². The summed E-state index contributed by atoms with van der Waals surface area (Å²) in [5.74, 6) is 0.953. The zero-order valence-corrected chi connectivity index (χ0v) is 14.0. The number of hydrogen-bond acceptors (Lipinski definition) is 4. The first-order valence-corrected chi connectivity index (χ1v) is 8.30. The van der Waals surface area contributed by atoms with Gasteiger partial charge in [-0.2, -0.15) is 0 Å². The van der Waals surface area contributed by atoms with Crippen LogP contribution >= 0.6 is 0 Å². The second-order valence-electron chi connectivity index (χ2n) is 6.30. The van der Waals surface area contributed by atoms with Gasteiger partial charge < -0.3 is 19.9 Å². The third-order valence-corrected chi connectivity index (χ3v) is 4.13. The summed E-state index contributed by atoms with van der Waals surface area (Å²) in [6, 6.07) is 11.6. The molecule has 0 aliphatic carbocycles. The second-order valence-corrected chi connectivity index (χ2v) is 6.30. The predicted molar refractivity (Wildman–Crippen MR) is 89.5 cm³/mol. The van der Waals surface area contributed by atoms with Crippen LogP contribution in [0.3, 0.4) is 0 Å². The van der Waals surface area contributed by atoms with Gasteiger partial charge >= 0.3 is 6.03 Å². The Morgan fingerprint density at radius 1 is 1.33 bits per heavy atom. The average Bonchev–Trinajstić information content (AvgIpc) is 3.23. The number of carbonyl (C=O) groups excluding carboxylic acids is 1. The number of carbonyl (C=O) groups is 1. The maximum Gasteiger partial charge on any atom is 0.315 e. The number of nitrogens with one attached hydrogen (secondary N) is 2. The molecule has 0 saturated carbocycles. The number of ether oxygens (including phenoxy) is 1. The van der Waals surface area contributed by atoms with Gasteiger partial charge in [0, 0.05) is 12.7 Å². The lowest BCUT2D eigenvalue weighted by Gasteiger charge is -2.20. The van der Waals surface area contributed by atoms with E-state index in [4.69, 9.17) is 9.26 Å². The van der Waals surface area contributed by atoms with E-state index >= 15 is 0 Å². The molecule has 2 aromatic rings. The molecule has 1 aliphatic rings. The fourth-order valence-electron chi connectivity index (χ4n) is 2.78. The summed E-state index contributed by atoms with van der Waals surface area (Å²) in [6.45, 7) is 5.05. The summed E-state index contributed by atoms with van der Waals surface area (Å²) in [6.07, 6.45) is 0.696. The van der Waals surface area contributed by atoms with Gasteiger partial charge in [0.15, 0.2) is 5.76 Å². The maximum atomic E-state index is 12.2. The SMILES string of the molecule is CC(C)c1cc(CNC(=O)N[C@@H]2CCO[C@@H]2c2ccccc2)on1. The van der Waals surface area contributed by atoms with Crippen LogP contribution in [0.2, 0.25) is 0 Å². The lowest BCUT2D eigenvalue weighted by atomic mass is 10.0. The zero-order chi connectivity index (χ0) is 16.9. The Balaban J connectivity index is 1.52. The van der Waals surface area contributed by atoms with E-state index in [9.17, 15) is 4.79 Å². The van der Waals surface area contributed by atoms with E-state index in [-0.39, 0.29) is 18.2 Å². The number of amides is 2. The van der Waals surface area contributed by atoms with Crippen LogP contribution in [0, 0.1) is 0 Å². The minimum Gasteiger partial charge on any atom is -0.371 e. The monoisotopic (exact) mass is 329 g/mol. The number of urea groups is 1. The average molecular weight is 329 g/mol. The molecule has 1 aromatic carbocycles. The van der Waals surface area contributed by atoms with Crippen molar-refractivity contribution in [2.45, 2.75) is 44.9 Å². The van der Waals surface area contributed by atoms with Gasteiger partial charge in [0.1, 0.15) is 6.10 Å². The molecule has 3 rings (SSSR count). The molecule has 2 amide bonds. The molecule has 2 atom stereocenters. The second kappa shape index (κ2) is 7.49. The van der Waals surface area contributed by atoms with Crippen LogP contribution in [0.15, 0.2) is 40.9 Å². The first kappa shape index (κ1) is 16.5. The zero-order valence-electron chi connectivity index (χ0n) is 14.0. The minimum absolute atomic E-state index is 0.0339. The van der Waals surface area contributed by atoms with E-state index in [0.717, 1.165) is 17.7 Å². The lowest BCUT2D eigenvalue weighted by molar-refractivity contribution is 0.0999. The van der Waals surface area contributed by atoms with Crippen molar-refractivity contribution in [2.75, 3.05) is 6.61 Å². The van der Waals surface area contributed by atoms with E-state index < -0.39 is 0 Å². The lowest BCUT2D eigenvalue weighted by Crippen LogP contribution is -2.43. The molecule has 0 bridgehead atoms. The molecule has 2 N–H and O–H groups in total. The van der Waals surface area contributed by atoms with Crippen LogP contribution < -0.4 is 10.6 Å². The Hall–Kier alpha value is -2.34. The highest BCUT2D eigenvalue weighted by Gasteiger charge is 2.30. The van der Waals surface area contributed by atoms with Crippen LogP contribution in [0.5, 0.6) is 0 Å². The normalized spacial score (nSPS) is 20.3. The Morgan fingerprint density at radius 2 is 2.12 bits per heavy atom. The number of aromatic nitrogens is 1. The van der Waals surface area contributed by atoms with Crippen molar-refractivity contribution in [3.05, 3.63) is 53.4 Å². The first-order chi connectivity index (χ1) is 11.6. The summed E-state index contributed by atoms with van der Waals surface area (Å²) < 4.78 is 11.0. The molecule has 128 valence electrons. The maximum absolute atomic E-state index is 12.2. The molecular weight excluding hydrogens is 306 g/mol. The molecule has 0 spiro atoms. The molecule has 1 aliphatic heterocycles. The molecule has 6 nitrogen and oxygen atoms in total. The third kappa shape index (κ3) is 3.94.